The van der Waals surface area contributed by atoms with E-state index in [2.05, 4.69) is 34.3 Å². The molecule has 0 saturated heterocycles. The van der Waals surface area contributed by atoms with Crippen molar-refractivity contribution in [3.63, 3.8) is 0 Å². The van der Waals surface area contributed by atoms with Crippen LogP contribution >= 0.6 is 11.6 Å². The molecule has 25 heavy (non-hydrogen) atoms. The van der Waals surface area contributed by atoms with Gasteiger partial charge in [0, 0.05) is 30.2 Å². The molecule has 0 radical (unpaired) electrons. The van der Waals surface area contributed by atoms with Crippen LogP contribution in [0.1, 0.15) is 22.4 Å². The summed E-state index contributed by atoms with van der Waals surface area (Å²) < 4.78 is 1.71. The first-order valence-corrected chi connectivity index (χ1v) is 8.88. The van der Waals surface area contributed by atoms with Crippen molar-refractivity contribution < 1.29 is 0 Å². The van der Waals surface area contributed by atoms with Crippen LogP contribution in [-0.2, 0) is 26.1 Å². The Morgan fingerprint density at radius 3 is 2.44 bits per heavy atom. The van der Waals surface area contributed by atoms with E-state index in [-0.39, 0.29) is 5.56 Å². The van der Waals surface area contributed by atoms with E-state index >= 15 is 0 Å². The maximum atomic E-state index is 12.6. The molecule has 5 heteroatoms. The smallest absolute Gasteiger partial charge is 0.270 e. The number of hydrogen-bond acceptors (Lipinski definition) is 2. The normalized spacial score (nSPS) is 14.4. The van der Waals surface area contributed by atoms with Gasteiger partial charge < -0.3 is 0 Å². The molecular formula is C20H20ClN3O. The molecule has 2 heterocycles. The van der Waals surface area contributed by atoms with Gasteiger partial charge in [-0.3, -0.25) is 14.8 Å². The number of aromatic nitrogens is 2. The van der Waals surface area contributed by atoms with Crippen molar-refractivity contribution in [3.05, 3.63) is 92.4 Å². The third-order valence-corrected chi connectivity index (χ3v) is 4.95. The summed E-state index contributed by atoms with van der Waals surface area (Å²) in [4.78, 5) is 15.0. The van der Waals surface area contributed by atoms with Gasteiger partial charge in [-0.15, -0.1) is 0 Å². The molecule has 0 unspecified atom stereocenters. The fourth-order valence-corrected chi connectivity index (χ4v) is 3.52. The van der Waals surface area contributed by atoms with Gasteiger partial charge in [0.05, 0.1) is 12.2 Å². The van der Waals surface area contributed by atoms with E-state index in [0.717, 1.165) is 42.9 Å². The van der Waals surface area contributed by atoms with E-state index in [0.29, 0.717) is 11.6 Å². The molecular weight excluding hydrogens is 334 g/mol. The van der Waals surface area contributed by atoms with Crippen molar-refractivity contribution >= 4 is 11.6 Å². The van der Waals surface area contributed by atoms with E-state index in [1.54, 1.807) is 4.68 Å². The molecule has 1 aliphatic rings. The Morgan fingerprint density at radius 2 is 1.68 bits per heavy atom. The Labute approximate surface area is 151 Å². The summed E-state index contributed by atoms with van der Waals surface area (Å²) in [6.07, 6.45) is 0.797. The summed E-state index contributed by atoms with van der Waals surface area (Å²) >= 11 is 5.93. The monoisotopic (exact) mass is 353 g/mol. The van der Waals surface area contributed by atoms with E-state index in [1.165, 1.54) is 5.56 Å². The van der Waals surface area contributed by atoms with Crippen molar-refractivity contribution in [3.8, 4) is 0 Å². The molecule has 0 fully saturated rings. The number of aromatic amines is 1. The minimum Gasteiger partial charge on any atom is -0.298 e. The van der Waals surface area contributed by atoms with Crippen LogP contribution in [0.2, 0.25) is 5.02 Å². The maximum Gasteiger partial charge on any atom is 0.270 e. The van der Waals surface area contributed by atoms with Gasteiger partial charge >= 0.3 is 0 Å². The third-order valence-electron chi connectivity index (χ3n) is 4.70. The van der Waals surface area contributed by atoms with Crippen LogP contribution < -0.4 is 5.56 Å². The van der Waals surface area contributed by atoms with Gasteiger partial charge in [-0.2, -0.15) is 0 Å². The van der Waals surface area contributed by atoms with Crippen molar-refractivity contribution in [2.75, 3.05) is 6.54 Å². The third kappa shape index (κ3) is 3.55. The molecule has 4 rings (SSSR count). The summed E-state index contributed by atoms with van der Waals surface area (Å²) in [7, 11) is 0. The quantitative estimate of drug-likeness (QED) is 0.780. The first-order valence-electron chi connectivity index (χ1n) is 8.50. The van der Waals surface area contributed by atoms with Crippen LogP contribution in [-0.4, -0.2) is 21.2 Å². The summed E-state index contributed by atoms with van der Waals surface area (Å²) in [5.74, 6) is 0. The second kappa shape index (κ2) is 6.90. The van der Waals surface area contributed by atoms with Crippen LogP contribution in [0.3, 0.4) is 0 Å². The van der Waals surface area contributed by atoms with Crippen LogP contribution in [0.15, 0.2) is 59.4 Å². The molecule has 0 spiro atoms. The molecule has 2 aromatic carbocycles. The highest BCUT2D eigenvalue weighted by molar-refractivity contribution is 6.30. The van der Waals surface area contributed by atoms with Gasteiger partial charge in [-0.05, 0) is 29.7 Å². The standard InChI is InChI=1S/C20H20ClN3O/c21-17-8-6-16(7-9-17)13-24-20(25)18-10-11-23(14-19(18)22-24)12-15-4-2-1-3-5-15/h1-9,22H,10-14H2. The summed E-state index contributed by atoms with van der Waals surface area (Å²) in [5.41, 5.74) is 4.43. The Hall–Kier alpha value is -2.30. The summed E-state index contributed by atoms with van der Waals surface area (Å²) in [6, 6.07) is 18.1. The van der Waals surface area contributed by atoms with Crippen molar-refractivity contribution in [1.82, 2.24) is 14.7 Å². The number of halogens is 1. The maximum absolute atomic E-state index is 12.6. The first kappa shape index (κ1) is 16.2. The Bertz CT molecular complexity index is 912. The van der Waals surface area contributed by atoms with E-state index in [4.69, 9.17) is 11.6 Å². The number of H-pyrrole nitrogens is 1. The molecule has 3 aromatic rings. The van der Waals surface area contributed by atoms with Gasteiger partial charge in [-0.25, -0.2) is 4.68 Å². The van der Waals surface area contributed by atoms with E-state index in [9.17, 15) is 4.79 Å². The van der Waals surface area contributed by atoms with E-state index < -0.39 is 0 Å². The van der Waals surface area contributed by atoms with Crippen LogP contribution in [0.5, 0.6) is 0 Å². The molecule has 0 amide bonds. The average molecular weight is 354 g/mol. The first-order chi connectivity index (χ1) is 12.2. The average Bonchev–Trinajstić information content (AvgIpc) is 2.93. The molecule has 1 aliphatic heterocycles. The Morgan fingerprint density at radius 1 is 0.960 bits per heavy atom. The number of nitrogens with one attached hydrogen (secondary N) is 1. The Balaban J connectivity index is 1.51. The fraction of sp³-hybridized carbons (Fsp3) is 0.250. The molecule has 4 nitrogen and oxygen atoms in total. The predicted octanol–water partition coefficient (Wildman–Crippen LogP) is 3.44. The van der Waals surface area contributed by atoms with Gasteiger partial charge in [0.15, 0.2) is 0 Å². The van der Waals surface area contributed by atoms with Crippen molar-refractivity contribution in [2.45, 2.75) is 26.1 Å². The lowest BCUT2D eigenvalue weighted by Crippen LogP contribution is -2.31. The SMILES string of the molecule is O=c1c2c([nH]n1Cc1ccc(Cl)cc1)CN(Cc1ccccc1)CC2. The van der Waals surface area contributed by atoms with Crippen molar-refractivity contribution in [2.24, 2.45) is 0 Å². The summed E-state index contributed by atoms with van der Waals surface area (Å²) in [5, 5.41) is 4.02. The van der Waals surface area contributed by atoms with E-state index in [1.807, 2.05) is 30.3 Å². The second-order valence-corrected chi connectivity index (χ2v) is 6.97. The lowest BCUT2D eigenvalue weighted by atomic mass is 10.1. The molecule has 1 aromatic heterocycles. The molecule has 0 bridgehead atoms. The minimum absolute atomic E-state index is 0.101. The zero-order valence-electron chi connectivity index (χ0n) is 13.9. The van der Waals surface area contributed by atoms with Gasteiger partial charge in [-0.1, -0.05) is 54.1 Å². The number of benzene rings is 2. The van der Waals surface area contributed by atoms with Crippen LogP contribution in [0, 0.1) is 0 Å². The molecule has 128 valence electrons. The number of hydrogen-bond donors (Lipinski definition) is 1. The molecule has 0 saturated carbocycles. The predicted molar refractivity (Wildman–Crippen MR) is 99.9 cm³/mol. The minimum atomic E-state index is 0.101. The molecule has 0 aliphatic carbocycles. The van der Waals surface area contributed by atoms with Crippen LogP contribution in [0.4, 0.5) is 0 Å². The lowest BCUT2D eigenvalue weighted by molar-refractivity contribution is 0.242. The summed E-state index contributed by atoms with van der Waals surface area (Å²) in [6.45, 7) is 3.15. The fourth-order valence-electron chi connectivity index (χ4n) is 3.39. The number of rotatable bonds is 4. The highest BCUT2D eigenvalue weighted by Gasteiger charge is 2.22. The topological polar surface area (TPSA) is 41.0 Å². The zero-order chi connectivity index (χ0) is 17.2. The largest absolute Gasteiger partial charge is 0.298 e. The lowest BCUT2D eigenvalue weighted by Gasteiger charge is -2.25. The molecule has 1 N–H and O–H groups in total. The van der Waals surface area contributed by atoms with Gasteiger partial charge in [0.2, 0.25) is 0 Å². The Kier molecular flexibility index (Phi) is 4.47. The van der Waals surface area contributed by atoms with Gasteiger partial charge in [0.25, 0.3) is 5.56 Å². The van der Waals surface area contributed by atoms with Crippen LogP contribution in [0.25, 0.3) is 0 Å². The highest BCUT2D eigenvalue weighted by Crippen LogP contribution is 2.17. The van der Waals surface area contributed by atoms with Gasteiger partial charge in [0.1, 0.15) is 0 Å². The number of nitrogens with zero attached hydrogens (tertiary/aromatic N) is 2. The number of fused-ring (bicyclic) bond motifs is 1. The molecule has 0 atom stereocenters. The highest BCUT2D eigenvalue weighted by atomic mass is 35.5. The second-order valence-electron chi connectivity index (χ2n) is 6.53. The zero-order valence-corrected chi connectivity index (χ0v) is 14.7. The van der Waals surface area contributed by atoms with Crippen molar-refractivity contribution in [1.29, 1.82) is 0 Å².